The zero-order valence-electron chi connectivity index (χ0n) is 6.26. The molecule has 1 aromatic carbocycles. The van der Waals surface area contributed by atoms with Gasteiger partial charge >= 0.3 is 0 Å². The molecule has 60 valence electrons. The number of hydrogen-bond donors (Lipinski definition) is 2. The summed E-state index contributed by atoms with van der Waals surface area (Å²) in [6, 6.07) is 5.21. The maximum Gasteiger partial charge on any atom is 0.134 e. The number of halogens is 1. The monoisotopic (exact) mass is 171 g/mol. The molecule has 1 rings (SSSR count). The van der Waals surface area contributed by atoms with Gasteiger partial charge in [0.2, 0.25) is 0 Å². The zero-order chi connectivity index (χ0) is 8.27. The smallest absolute Gasteiger partial charge is 0.134 e. The van der Waals surface area contributed by atoms with Gasteiger partial charge in [-0.1, -0.05) is 17.7 Å². The molecule has 0 saturated heterocycles. The van der Waals surface area contributed by atoms with Gasteiger partial charge in [-0.15, -0.1) is 0 Å². The largest absolute Gasteiger partial charge is 0.506 e. The molecule has 0 bridgehead atoms. The Hall–Kier alpha value is -0.730. The van der Waals surface area contributed by atoms with E-state index in [1.54, 1.807) is 12.1 Å². The van der Waals surface area contributed by atoms with Gasteiger partial charge in [0.15, 0.2) is 0 Å². The van der Waals surface area contributed by atoms with E-state index in [1.807, 2.05) is 13.1 Å². The number of aromatic hydroxyl groups is 1. The summed E-state index contributed by atoms with van der Waals surface area (Å²) in [7, 11) is 1.85. The first-order valence-electron chi connectivity index (χ1n) is 3.36. The number of nitrogens with one attached hydrogen (secondary N) is 1. The lowest BCUT2D eigenvalue weighted by Gasteiger charge is -2.01. The Balaban J connectivity index is 2.86. The first-order chi connectivity index (χ1) is 5.24. The molecule has 11 heavy (non-hydrogen) atoms. The van der Waals surface area contributed by atoms with Crippen molar-refractivity contribution in [2.24, 2.45) is 0 Å². The minimum absolute atomic E-state index is 0.138. The van der Waals surface area contributed by atoms with Crippen molar-refractivity contribution in [3.63, 3.8) is 0 Å². The lowest BCUT2D eigenvalue weighted by atomic mass is 10.2. The highest BCUT2D eigenvalue weighted by atomic mass is 35.5. The Morgan fingerprint density at radius 2 is 2.27 bits per heavy atom. The fraction of sp³-hybridized carbons (Fsp3) is 0.250. The molecule has 0 atom stereocenters. The molecule has 2 N–H and O–H groups in total. The Kier molecular flexibility index (Phi) is 2.74. The normalized spacial score (nSPS) is 10.0. The van der Waals surface area contributed by atoms with E-state index in [0.29, 0.717) is 5.02 Å². The van der Waals surface area contributed by atoms with Gasteiger partial charge in [-0.2, -0.15) is 0 Å². The highest BCUT2D eigenvalue weighted by Gasteiger charge is 1.97. The highest BCUT2D eigenvalue weighted by Crippen LogP contribution is 2.23. The number of phenols is 1. The number of hydrogen-bond acceptors (Lipinski definition) is 2. The average Bonchev–Trinajstić information content (AvgIpc) is 1.98. The summed E-state index contributed by atoms with van der Waals surface area (Å²) in [4.78, 5) is 0. The van der Waals surface area contributed by atoms with E-state index in [0.717, 1.165) is 12.1 Å². The molecule has 2 nitrogen and oxygen atoms in total. The molecule has 0 fully saturated rings. The highest BCUT2D eigenvalue weighted by molar-refractivity contribution is 6.31. The topological polar surface area (TPSA) is 32.3 Å². The molecule has 0 heterocycles. The van der Waals surface area contributed by atoms with Crippen LogP contribution >= 0.6 is 11.6 Å². The molecule has 0 aliphatic carbocycles. The van der Waals surface area contributed by atoms with Crippen LogP contribution in [0.5, 0.6) is 5.75 Å². The summed E-state index contributed by atoms with van der Waals surface area (Å²) in [5, 5.41) is 12.5. The van der Waals surface area contributed by atoms with E-state index in [1.165, 1.54) is 0 Å². The minimum Gasteiger partial charge on any atom is -0.506 e. The van der Waals surface area contributed by atoms with Crippen molar-refractivity contribution in [2.75, 3.05) is 7.05 Å². The Morgan fingerprint density at radius 3 is 2.82 bits per heavy atom. The van der Waals surface area contributed by atoms with Crippen LogP contribution in [-0.2, 0) is 6.54 Å². The first kappa shape index (κ1) is 8.37. The van der Waals surface area contributed by atoms with Crippen LogP contribution in [0.4, 0.5) is 0 Å². The lowest BCUT2D eigenvalue weighted by Crippen LogP contribution is -2.04. The average molecular weight is 172 g/mol. The second-order valence-corrected chi connectivity index (χ2v) is 2.72. The Morgan fingerprint density at radius 1 is 1.55 bits per heavy atom. The molecule has 0 aliphatic heterocycles. The first-order valence-corrected chi connectivity index (χ1v) is 3.74. The summed E-state index contributed by atoms with van der Waals surface area (Å²) < 4.78 is 0. The maximum atomic E-state index is 9.17. The van der Waals surface area contributed by atoms with Crippen LogP contribution in [0.3, 0.4) is 0 Å². The summed E-state index contributed by atoms with van der Waals surface area (Å²) in [6.07, 6.45) is 0. The number of rotatable bonds is 2. The van der Waals surface area contributed by atoms with Crippen LogP contribution in [0.1, 0.15) is 5.56 Å². The third-order valence-corrected chi connectivity index (χ3v) is 1.71. The van der Waals surface area contributed by atoms with E-state index in [2.05, 4.69) is 5.32 Å². The van der Waals surface area contributed by atoms with Crippen molar-refractivity contribution < 1.29 is 5.11 Å². The van der Waals surface area contributed by atoms with Gasteiger partial charge in [0.1, 0.15) is 5.75 Å². The number of benzene rings is 1. The molecule has 0 aliphatic rings. The maximum absolute atomic E-state index is 9.17. The fourth-order valence-electron chi connectivity index (χ4n) is 0.872. The standard InChI is InChI=1S/C8H10ClNO/c1-10-5-6-2-3-7(9)8(11)4-6/h2-4,10-11H,5H2,1H3. The van der Waals surface area contributed by atoms with Gasteiger partial charge < -0.3 is 10.4 Å². The predicted octanol–water partition coefficient (Wildman–Crippen LogP) is 1.76. The lowest BCUT2D eigenvalue weighted by molar-refractivity contribution is 0.474. The van der Waals surface area contributed by atoms with Crippen molar-refractivity contribution in [1.29, 1.82) is 0 Å². The second kappa shape index (κ2) is 3.60. The van der Waals surface area contributed by atoms with Gasteiger partial charge in [-0.3, -0.25) is 0 Å². The van der Waals surface area contributed by atoms with E-state index < -0.39 is 0 Å². The zero-order valence-corrected chi connectivity index (χ0v) is 7.02. The molecule has 0 amide bonds. The molecule has 0 aromatic heterocycles. The van der Waals surface area contributed by atoms with Gasteiger partial charge in [-0.05, 0) is 24.7 Å². The fourth-order valence-corrected chi connectivity index (χ4v) is 0.990. The molecule has 0 radical (unpaired) electrons. The van der Waals surface area contributed by atoms with Gasteiger partial charge in [-0.25, -0.2) is 0 Å². The van der Waals surface area contributed by atoms with Crippen LogP contribution in [0.2, 0.25) is 5.02 Å². The van der Waals surface area contributed by atoms with Gasteiger partial charge in [0.05, 0.1) is 5.02 Å². The number of phenolic OH excluding ortho intramolecular Hbond substituents is 1. The van der Waals surface area contributed by atoms with Crippen molar-refractivity contribution in [3.05, 3.63) is 28.8 Å². The van der Waals surface area contributed by atoms with E-state index in [9.17, 15) is 0 Å². The molecule has 0 unspecified atom stereocenters. The molecule has 1 aromatic rings. The molecule has 3 heteroatoms. The van der Waals surface area contributed by atoms with Crippen LogP contribution in [0.15, 0.2) is 18.2 Å². The van der Waals surface area contributed by atoms with Crippen LogP contribution in [0.25, 0.3) is 0 Å². The summed E-state index contributed by atoms with van der Waals surface area (Å²) in [5.74, 6) is 0.138. The van der Waals surface area contributed by atoms with Gasteiger partial charge in [0, 0.05) is 6.54 Å². The minimum atomic E-state index is 0.138. The Labute approximate surface area is 70.8 Å². The van der Waals surface area contributed by atoms with Crippen molar-refractivity contribution in [2.45, 2.75) is 6.54 Å². The summed E-state index contributed by atoms with van der Waals surface area (Å²) in [6.45, 7) is 0.741. The van der Waals surface area contributed by atoms with Crippen molar-refractivity contribution >= 4 is 11.6 Å². The SMILES string of the molecule is CNCc1ccc(Cl)c(O)c1. The molecular formula is C8H10ClNO. The quantitative estimate of drug-likeness (QED) is 0.711. The van der Waals surface area contributed by atoms with E-state index in [-0.39, 0.29) is 5.75 Å². The van der Waals surface area contributed by atoms with Crippen molar-refractivity contribution in [1.82, 2.24) is 5.32 Å². The van der Waals surface area contributed by atoms with Crippen LogP contribution in [-0.4, -0.2) is 12.2 Å². The van der Waals surface area contributed by atoms with Crippen LogP contribution in [0, 0.1) is 0 Å². The van der Waals surface area contributed by atoms with Crippen LogP contribution < -0.4 is 5.32 Å². The van der Waals surface area contributed by atoms with Crippen molar-refractivity contribution in [3.8, 4) is 5.75 Å². The van der Waals surface area contributed by atoms with E-state index in [4.69, 9.17) is 16.7 Å². The third-order valence-electron chi connectivity index (χ3n) is 1.39. The molecule has 0 spiro atoms. The van der Waals surface area contributed by atoms with Gasteiger partial charge in [0.25, 0.3) is 0 Å². The third kappa shape index (κ3) is 2.10. The van der Waals surface area contributed by atoms with E-state index >= 15 is 0 Å². The molecular weight excluding hydrogens is 162 g/mol. The molecule has 0 saturated carbocycles. The Bertz CT molecular complexity index is 250. The second-order valence-electron chi connectivity index (χ2n) is 2.32. The predicted molar refractivity (Wildman–Crippen MR) is 45.9 cm³/mol. The summed E-state index contributed by atoms with van der Waals surface area (Å²) in [5.41, 5.74) is 1.02. The summed E-state index contributed by atoms with van der Waals surface area (Å²) >= 11 is 5.61.